The van der Waals surface area contributed by atoms with Gasteiger partial charge < -0.3 is 10.1 Å². The number of carbonyl (C=O) groups excluding carboxylic acids is 1. The predicted octanol–water partition coefficient (Wildman–Crippen LogP) is 1.74. The average Bonchev–Trinajstić information content (AvgIpc) is 2.39. The Kier molecular flexibility index (Phi) is 4.78. The summed E-state index contributed by atoms with van der Waals surface area (Å²) in [4.78, 5) is 11.9. The maximum atomic E-state index is 13.4. The largest absolute Gasteiger partial charge is 0.453 e. The second-order valence-corrected chi connectivity index (χ2v) is 6.78. The summed E-state index contributed by atoms with van der Waals surface area (Å²) >= 11 is 2.04. The maximum absolute atomic E-state index is 13.4. The van der Waals surface area contributed by atoms with E-state index in [4.69, 9.17) is 4.74 Å². The zero-order valence-electron chi connectivity index (χ0n) is 10.9. The van der Waals surface area contributed by atoms with Gasteiger partial charge in [0.1, 0.15) is 15.3 Å². The number of benzene rings is 1. The normalized spacial score (nSPS) is 19.7. The Labute approximate surface area is 126 Å². The van der Waals surface area contributed by atoms with Gasteiger partial charge in [0.2, 0.25) is 0 Å². The molecule has 1 saturated heterocycles. The van der Waals surface area contributed by atoms with Crippen LogP contribution >= 0.6 is 22.6 Å². The van der Waals surface area contributed by atoms with Gasteiger partial charge in [-0.15, -0.1) is 0 Å². The minimum atomic E-state index is -0.659. The SMILES string of the molecule is CC(I)C(=O)OC1(c2cccc(F)c2)CC[NH2+]CC1. The van der Waals surface area contributed by atoms with E-state index in [0.29, 0.717) is 0 Å². The molecule has 0 spiro atoms. The molecule has 3 nitrogen and oxygen atoms in total. The molecule has 2 N–H and O–H groups in total. The number of quaternary nitrogens is 1. The lowest BCUT2D eigenvalue weighted by Gasteiger charge is -2.36. The zero-order chi connectivity index (χ0) is 13.9. The van der Waals surface area contributed by atoms with E-state index in [9.17, 15) is 9.18 Å². The first-order chi connectivity index (χ1) is 9.03. The van der Waals surface area contributed by atoms with E-state index >= 15 is 0 Å². The predicted molar refractivity (Wildman–Crippen MR) is 78.5 cm³/mol. The highest BCUT2D eigenvalue weighted by Gasteiger charge is 2.40. The molecule has 0 aliphatic carbocycles. The first-order valence-corrected chi connectivity index (χ1v) is 7.73. The number of rotatable bonds is 3. The van der Waals surface area contributed by atoms with E-state index in [1.807, 2.05) is 28.7 Å². The second kappa shape index (κ2) is 6.17. The summed E-state index contributed by atoms with van der Waals surface area (Å²) in [6, 6.07) is 6.41. The number of ether oxygens (including phenoxy) is 1. The molecule has 1 aromatic rings. The van der Waals surface area contributed by atoms with E-state index in [1.54, 1.807) is 13.0 Å². The van der Waals surface area contributed by atoms with Crippen molar-refractivity contribution in [3.63, 3.8) is 0 Å². The van der Waals surface area contributed by atoms with E-state index in [2.05, 4.69) is 5.32 Å². The van der Waals surface area contributed by atoms with E-state index in [0.717, 1.165) is 31.5 Å². The van der Waals surface area contributed by atoms with Crippen molar-refractivity contribution < 1.29 is 19.2 Å². The second-order valence-electron chi connectivity index (χ2n) is 4.91. The third-order valence-corrected chi connectivity index (χ3v) is 3.98. The lowest BCUT2D eigenvalue weighted by molar-refractivity contribution is -0.668. The highest BCUT2D eigenvalue weighted by molar-refractivity contribution is 14.1. The zero-order valence-corrected chi connectivity index (χ0v) is 13.0. The summed E-state index contributed by atoms with van der Waals surface area (Å²) < 4.78 is 19.0. The summed E-state index contributed by atoms with van der Waals surface area (Å²) in [7, 11) is 0. The molecule has 0 aromatic heterocycles. The first-order valence-electron chi connectivity index (χ1n) is 6.48. The van der Waals surface area contributed by atoms with Crippen LogP contribution in [0.2, 0.25) is 0 Å². The first kappa shape index (κ1) is 14.7. The molecule has 1 aliphatic heterocycles. The molecule has 104 valence electrons. The molecule has 1 aromatic carbocycles. The van der Waals surface area contributed by atoms with E-state index in [1.165, 1.54) is 12.1 Å². The van der Waals surface area contributed by atoms with Gasteiger partial charge in [0, 0.05) is 12.8 Å². The van der Waals surface area contributed by atoms with Crippen molar-refractivity contribution in [1.82, 2.24) is 0 Å². The molecule has 0 radical (unpaired) electrons. The molecule has 1 unspecified atom stereocenters. The smallest absolute Gasteiger partial charge is 0.319 e. The van der Waals surface area contributed by atoms with Gasteiger partial charge in [0.25, 0.3) is 0 Å². The number of carbonyl (C=O) groups is 1. The monoisotopic (exact) mass is 378 g/mol. The van der Waals surface area contributed by atoms with Crippen molar-refractivity contribution in [3.8, 4) is 0 Å². The number of alkyl halides is 1. The van der Waals surface area contributed by atoms with Gasteiger partial charge in [-0.3, -0.25) is 4.79 Å². The van der Waals surface area contributed by atoms with Crippen LogP contribution in [-0.4, -0.2) is 23.0 Å². The van der Waals surface area contributed by atoms with Gasteiger partial charge >= 0.3 is 5.97 Å². The van der Waals surface area contributed by atoms with Crippen molar-refractivity contribution in [2.24, 2.45) is 0 Å². The van der Waals surface area contributed by atoms with Crippen LogP contribution in [-0.2, 0) is 15.1 Å². The van der Waals surface area contributed by atoms with Gasteiger partial charge in [-0.1, -0.05) is 34.7 Å². The van der Waals surface area contributed by atoms with Crippen LogP contribution in [0.3, 0.4) is 0 Å². The third-order valence-electron chi connectivity index (χ3n) is 3.48. The van der Waals surface area contributed by atoms with Crippen LogP contribution < -0.4 is 5.32 Å². The molecule has 0 amide bonds. The average molecular weight is 378 g/mol. The number of piperidine rings is 1. The Balaban J connectivity index is 2.31. The summed E-state index contributed by atoms with van der Waals surface area (Å²) in [5.74, 6) is -0.517. The van der Waals surface area contributed by atoms with Crippen molar-refractivity contribution >= 4 is 28.6 Å². The Bertz CT molecular complexity index is 459. The molecule has 1 heterocycles. The minimum absolute atomic E-state index is 0.200. The van der Waals surface area contributed by atoms with Gasteiger partial charge in [0.15, 0.2) is 0 Å². The lowest BCUT2D eigenvalue weighted by atomic mass is 9.84. The maximum Gasteiger partial charge on any atom is 0.319 e. The Morgan fingerprint density at radius 2 is 2.16 bits per heavy atom. The fraction of sp³-hybridized carbons (Fsp3) is 0.500. The van der Waals surface area contributed by atoms with Crippen LogP contribution in [0.5, 0.6) is 0 Å². The molecule has 5 heteroatoms. The van der Waals surface area contributed by atoms with Crippen LogP contribution in [0.4, 0.5) is 4.39 Å². The Hall–Kier alpha value is -0.690. The summed E-state index contributed by atoms with van der Waals surface area (Å²) in [6.07, 6.45) is 1.46. The lowest BCUT2D eigenvalue weighted by Crippen LogP contribution is -2.87. The highest BCUT2D eigenvalue weighted by atomic mass is 127. The van der Waals surface area contributed by atoms with Gasteiger partial charge in [0.05, 0.1) is 13.1 Å². The fourth-order valence-electron chi connectivity index (χ4n) is 2.44. The number of halogens is 2. The van der Waals surface area contributed by atoms with Crippen LogP contribution in [0.25, 0.3) is 0 Å². The van der Waals surface area contributed by atoms with Gasteiger partial charge in [-0.2, -0.15) is 0 Å². The number of hydrogen-bond donors (Lipinski definition) is 1. The Morgan fingerprint density at radius 3 is 2.74 bits per heavy atom. The summed E-state index contributed by atoms with van der Waals surface area (Å²) in [5, 5.41) is 2.19. The topological polar surface area (TPSA) is 42.9 Å². The summed E-state index contributed by atoms with van der Waals surface area (Å²) in [5.41, 5.74) is 0.110. The highest BCUT2D eigenvalue weighted by Crippen LogP contribution is 2.34. The molecule has 1 atom stereocenters. The molecule has 0 bridgehead atoms. The third kappa shape index (κ3) is 3.45. The molecule has 19 heavy (non-hydrogen) atoms. The van der Waals surface area contributed by atoms with Gasteiger partial charge in [-0.05, 0) is 24.6 Å². The minimum Gasteiger partial charge on any atom is -0.453 e. The molecular weight excluding hydrogens is 360 g/mol. The van der Waals surface area contributed by atoms with Crippen molar-refractivity contribution in [2.45, 2.75) is 29.3 Å². The van der Waals surface area contributed by atoms with Gasteiger partial charge in [-0.25, -0.2) is 4.39 Å². The van der Waals surface area contributed by atoms with Crippen LogP contribution in [0, 0.1) is 5.82 Å². The van der Waals surface area contributed by atoms with Crippen LogP contribution in [0.15, 0.2) is 24.3 Å². The quantitative estimate of drug-likeness (QED) is 0.495. The number of esters is 1. The van der Waals surface area contributed by atoms with E-state index < -0.39 is 5.60 Å². The molecule has 0 saturated carbocycles. The van der Waals surface area contributed by atoms with E-state index in [-0.39, 0.29) is 15.7 Å². The van der Waals surface area contributed by atoms with Crippen molar-refractivity contribution in [2.75, 3.05) is 13.1 Å². The number of nitrogens with two attached hydrogens (primary N) is 1. The molecule has 1 fully saturated rings. The molecule has 2 rings (SSSR count). The van der Waals surface area contributed by atoms with Crippen molar-refractivity contribution in [1.29, 1.82) is 0 Å². The Morgan fingerprint density at radius 1 is 1.47 bits per heavy atom. The standard InChI is InChI=1S/C14H17FINO2/c1-10(16)13(18)19-14(5-7-17-8-6-14)11-3-2-4-12(15)9-11/h2-4,9-10,17H,5-8H2,1H3/p+1. The molecule has 1 aliphatic rings. The molecular formula is C14H18FINO2+. The number of hydrogen-bond acceptors (Lipinski definition) is 2. The fourth-order valence-corrected chi connectivity index (χ4v) is 2.56. The van der Waals surface area contributed by atoms with Crippen molar-refractivity contribution in [3.05, 3.63) is 35.6 Å². The van der Waals surface area contributed by atoms with Crippen LogP contribution in [0.1, 0.15) is 25.3 Å². The summed E-state index contributed by atoms with van der Waals surface area (Å²) in [6.45, 7) is 3.58.